The van der Waals surface area contributed by atoms with Crippen LogP contribution in [0, 0.1) is 20.8 Å². The molecule has 0 saturated carbocycles. The first-order valence-corrected chi connectivity index (χ1v) is 9.94. The van der Waals surface area contributed by atoms with E-state index in [9.17, 15) is 9.59 Å². The van der Waals surface area contributed by atoms with Gasteiger partial charge in [0.15, 0.2) is 0 Å². The van der Waals surface area contributed by atoms with Gasteiger partial charge in [0.2, 0.25) is 5.91 Å². The van der Waals surface area contributed by atoms with E-state index in [0.29, 0.717) is 4.88 Å². The van der Waals surface area contributed by atoms with Crippen molar-refractivity contribution in [3.63, 3.8) is 0 Å². The highest BCUT2D eigenvalue weighted by Gasteiger charge is 2.15. The second kappa shape index (κ2) is 8.99. The highest BCUT2D eigenvalue weighted by molar-refractivity contribution is 7.14. The summed E-state index contributed by atoms with van der Waals surface area (Å²) in [7, 11) is 0. The number of rotatable bonds is 7. The Balaban J connectivity index is 1.98. The minimum atomic E-state index is -0.213. The molecule has 0 radical (unpaired) electrons. The Morgan fingerprint density at radius 2 is 1.69 bits per heavy atom. The lowest BCUT2D eigenvalue weighted by atomic mass is 10.1. The van der Waals surface area contributed by atoms with Crippen molar-refractivity contribution in [2.45, 2.75) is 53.9 Å². The number of hydrogen-bond acceptors (Lipinski definition) is 3. The summed E-state index contributed by atoms with van der Waals surface area (Å²) in [4.78, 5) is 26.6. The Kier molecular flexibility index (Phi) is 6.98. The number of amides is 2. The maximum absolute atomic E-state index is 12.4. The van der Waals surface area contributed by atoms with E-state index in [2.05, 4.69) is 24.5 Å². The fourth-order valence-corrected chi connectivity index (χ4v) is 4.40. The van der Waals surface area contributed by atoms with E-state index in [0.717, 1.165) is 36.1 Å². The number of thiophene rings is 1. The van der Waals surface area contributed by atoms with Crippen LogP contribution in [0.3, 0.4) is 0 Å². The lowest BCUT2D eigenvalue weighted by Crippen LogP contribution is -2.32. The van der Waals surface area contributed by atoms with Crippen LogP contribution in [0.25, 0.3) is 0 Å². The maximum atomic E-state index is 12.4. The van der Waals surface area contributed by atoms with Crippen LogP contribution in [0.15, 0.2) is 18.2 Å². The van der Waals surface area contributed by atoms with E-state index in [1.165, 1.54) is 27.3 Å². The fraction of sp³-hybridized carbons (Fsp3) is 0.429. The van der Waals surface area contributed by atoms with Gasteiger partial charge in [-0.1, -0.05) is 38.0 Å². The van der Waals surface area contributed by atoms with Crippen LogP contribution in [0.4, 0.5) is 5.69 Å². The molecule has 1 heterocycles. The van der Waals surface area contributed by atoms with Crippen LogP contribution in [0.2, 0.25) is 0 Å². The van der Waals surface area contributed by atoms with Crippen LogP contribution in [-0.2, 0) is 17.6 Å². The highest BCUT2D eigenvalue weighted by atomic mass is 32.1. The van der Waals surface area contributed by atoms with E-state index in [-0.39, 0.29) is 18.4 Å². The lowest BCUT2D eigenvalue weighted by molar-refractivity contribution is -0.115. The van der Waals surface area contributed by atoms with Gasteiger partial charge in [-0.15, -0.1) is 11.3 Å². The second-order valence-electron chi connectivity index (χ2n) is 6.67. The minimum absolute atomic E-state index is 0.0337. The molecular formula is C21H28N2O2S. The van der Waals surface area contributed by atoms with Gasteiger partial charge < -0.3 is 10.6 Å². The SMILES string of the molecule is CCCc1sc(C(=O)NCC(=O)Nc2c(C)cc(C)cc2C)cc1CC. The molecule has 0 bridgehead atoms. The van der Waals surface area contributed by atoms with Crippen LogP contribution in [0.1, 0.15) is 57.1 Å². The zero-order valence-electron chi connectivity index (χ0n) is 16.3. The van der Waals surface area contributed by atoms with Crippen molar-refractivity contribution in [2.75, 3.05) is 11.9 Å². The van der Waals surface area contributed by atoms with Gasteiger partial charge in [0.05, 0.1) is 11.4 Å². The van der Waals surface area contributed by atoms with Crippen molar-refractivity contribution >= 4 is 28.8 Å². The Morgan fingerprint density at radius 3 is 2.27 bits per heavy atom. The monoisotopic (exact) mass is 372 g/mol. The topological polar surface area (TPSA) is 58.2 Å². The average Bonchev–Trinajstić information content (AvgIpc) is 2.99. The summed E-state index contributed by atoms with van der Waals surface area (Å²) in [5.41, 5.74) is 5.27. The van der Waals surface area contributed by atoms with E-state index >= 15 is 0 Å². The summed E-state index contributed by atoms with van der Waals surface area (Å²) < 4.78 is 0. The zero-order valence-corrected chi connectivity index (χ0v) is 17.1. The van der Waals surface area contributed by atoms with Crippen molar-refractivity contribution in [2.24, 2.45) is 0 Å². The van der Waals surface area contributed by atoms with Crippen LogP contribution < -0.4 is 10.6 Å². The maximum Gasteiger partial charge on any atom is 0.261 e. The third kappa shape index (κ3) is 4.94. The molecule has 0 spiro atoms. The normalized spacial score (nSPS) is 10.7. The van der Waals surface area contributed by atoms with Crippen molar-refractivity contribution in [3.8, 4) is 0 Å². The standard InChI is InChI=1S/C21H28N2O2S/c1-6-8-17-16(7-2)11-18(26-17)21(25)22-12-19(24)23-20-14(4)9-13(3)10-15(20)5/h9-11H,6-8,12H2,1-5H3,(H,22,25)(H,23,24). The van der Waals surface area contributed by atoms with Crippen molar-refractivity contribution < 1.29 is 9.59 Å². The van der Waals surface area contributed by atoms with Gasteiger partial charge in [-0.05, 0) is 56.4 Å². The van der Waals surface area contributed by atoms with E-state index in [1.807, 2.05) is 39.0 Å². The van der Waals surface area contributed by atoms with Crippen molar-refractivity contribution in [3.05, 3.63) is 50.2 Å². The Morgan fingerprint density at radius 1 is 1.04 bits per heavy atom. The highest BCUT2D eigenvalue weighted by Crippen LogP contribution is 2.25. The largest absolute Gasteiger partial charge is 0.342 e. The molecule has 0 aliphatic heterocycles. The number of carbonyl (C=O) groups excluding carboxylic acids is 2. The summed E-state index contributed by atoms with van der Waals surface area (Å²) in [5, 5.41) is 5.65. The molecular weight excluding hydrogens is 344 g/mol. The molecule has 2 N–H and O–H groups in total. The quantitative estimate of drug-likeness (QED) is 0.749. The molecule has 5 heteroatoms. The summed E-state index contributed by atoms with van der Waals surface area (Å²) in [5.74, 6) is -0.394. The molecule has 2 rings (SSSR count). The lowest BCUT2D eigenvalue weighted by Gasteiger charge is -2.13. The molecule has 0 atom stereocenters. The molecule has 2 amide bonds. The Bertz CT molecular complexity index is 785. The smallest absolute Gasteiger partial charge is 0.261 e. The number of hydrogen-bond donors (Lipinski definition) is 2. The Labute approximate surface area is 160 Å². The molecule has 140 valence electrons. The number of anilines is 1. The second-order valence-corrected chi connectivity index (χ2v) is 7.80. The number of benzene rings is 1. The van der Waals surface area contributed by atoms with Gasteiger partial charge in [0, 0.05) is 10.6 Å². The number of carbonyl (C=O) groups is 2. The van der Waals surface area contributed by atoms with Crippen LogP contribution in [-0.4, -0.2) is 18.4 Å². The molecule has 4 nitrogen and oxygen atoms in total. The predicted octanol–water partition coefficient (Wildman–Crippen LogP) is 4.56. The molecule has 26 heavy (non-hydrogen) atoms. The zero-order chi connectivity index (χ0) is 19.3. The first-order chi connectivity index (χ1) is 12.3. The molecule has 0 aliphatic carbocycles. The fourth-order valence-electron chi connectivity index (χ4n) is 3.12. The molecule has 1 aromatic carbocycles. The summed E-state index contributed by atoms with van der Waals surface area (Å²) in [6, 6.07) is 6.03. The Hall–Kier alpha value is -2.14. The van der Waals surface area contributed by atoms with Gasteiger partial charge >= 0.3 is 0 Å². The van der Waals surface area contributed by atoms with Gasteiger partial charge in [0.1, 0.15) is 0 Å². The number of aryl methyl sites for hydroxylation is 5. The van der Waals surface area contributed by atoms with Crippen molar-refractivity contribution in [1.82, 2.24) is 5.32 Å². The summed E-state index contributed by atoms with van der Waals surface area (Å²) in [6.45, 7) is 10.2. The third-order valence-electron chi connectivity index (χ3n) is 4.33. The first-order valence-electron chi connectivity index (χ1n) is 9.13. The van der Waals surface area contributed by atoms with Gasteiger partial charge in [0.25, 0.3) is 5.91 Å². The third-order valence-corrected chi connectivity index (χ3v) is 5.57. The molecule has 0 fully saturated rings. The average molecular weight is 373 g/mol. The van der Waals surface area contributed by atoms with Crippen molar-refractivity contribution in [1.29, 1.82) is 0 Å². The van der Waals surface area contributed by atoms with E-state index in [1.54, 1.807) is 0 Å². The molecule has 1 aromatic heterocycles. The molecule has 0 aliphatic rings. The van der Waals surface area contributed by atoms with Crippen LogP contribution >= 0.6 is 11.3 Å². The van der Waals surface area contributed by atoms with Crippen LogP contribution in [0.5, 0.6) is 0 Å². The summed E-state index contributed by atoms with van der Waals surface area (Å²) >= 11 is 1.54. The van der Waals surface area contributed by atoms with Gasteiger partial charge in [-0.3, -0.25) is 9.59 Å². The minimum Gasteiger partial charge on any atom is -0.342 e. The first kappa shape index (κ1) is 20.2. The van der Waals surface area contributed by atoms with E-state index in [4.69, 9.17) is 0 Å². The molecule has 0 saturated heterocycles. The molecule has 0 unspecified atom stereocenters. The van der Waals surface area contributed by atoms with Gasteiger partial charge in [-0.25, -0.2) is 0 Å². The van der Waals surface area contributed by atoms with E-state index < -0.39 is 0 Å². The van der Waals surface area contributed by atoms with Gasteiger partial charge in [-0.2, -0.15) is 0 Å². The predicted molar refractivity (Wildman–Crippen MR) is 109 cm³/mol. The molecule has 2 aromatic rings. The number of nitrogens with one attached hydrogen (secondary N) is 2. The summed E-state index contributed by atoms with van der Waals surface area (Å²) in [6.07, 6.45) is 2.98.